The third-order valence-electron chi connectivity index (χ3n) is 4.88. The van der Waals surface area contributed by atoms with Crippen LogP contribution in [0.25, 0.3) is 10.9 Å². The van der Waals surface area contributed by atoms with Gasteiger partial charge in [-0.2, -0.15) is 0 Å². The van der Waals surface area contributed by atoms with Crippen molar-refractivity contribution >= 4 is 23.1 Å². The highest BCUT2D eigenvalue weighted by molar-refractivity contribution is 7.71. The smallest absolute Gasteiger partial charge is 0.262 e. The number of fused-ring (bicyclic) bond motifs is 1. The van der Waals surface area contributed by atoms with Gasteiger partial charge in [0.2, 0.25) is 0 Å². The quantitative estimate of drug-likeness (QED) is 0.682. The minimum Gasteiger partial charge on any atom is -0.381 e. The molecule has 6 heteroatoms. The molecule has 2 heterocycles. The lowest BCUT2D eigenvalue weighted by atomic mass is 10.1. The molecule has 0 spiro atoms. The number of nitrogens with zero attached hydrogens (tertiary/aromatic N) is 1. The van der Waals surface area contributed by atoms with Gasteiger partial charge in [-0.05, 0) is 48.3 Å². The zero-order valence-electron chi connectivity index (χ0n) is 15.0. The Bertz CT molecular complexity index is 1050. The number of rotatable bonds is 5. The summed E-state index contributed by atoms with van der Waals surface area (Å²) in [6.45, 7) is 2.55. The summed E-state index contributed by atoms with van der Waals surface area (Å²) in [6, 6.07) is 15.6. The third kappa shape index (κ3) is 4.18. The van der Waals surface area contributed by atoms with Gasteiger partial charge in [-0.15, -0.1) is 0 Å². The average molecular weight is 382 g/mol. The number of ether oxygens (including phenoxy) is 2. The van der Waals surface area contributed by atoms with Crippen molar-refractivity contribution in [1.82, 2.24) is 9.55 Å². The highest BCUT2D eigenvalue weighted by atomic mass is 32.1. The van der Waals surface area contributed by atoms with Crippen molar-refractivity contribution in [2.75, 3.05) is 13.2 Å². The van der Waals surface area contributed by atoms with E-state index >= 15 is 0 Å². The minimum atomic E-state index is -0.0711. The first-order valence-corrected chi connectivity index (χ1v) is 9.60. The molecule has 1 saturated heterocycles. The van der Waals surface area contributed by atoms with Crippen LogP contribution in [-0.4, -0.2) is 28.9 Å². The lowest BCUT2D eigenvalue weighted by Crippen LogP contribution is -2.23. The largest absolute Gasteiger partial charge is 0.381 e. The number of hydrogen-bond acceptors (Lipinski definition) is 4. The van der Waals surface area contributed by atoms with E-state index in [1.165, 1.54) is 0 Å². The minimum absolute atomic E-state index is 0.0711. The van der Waals surface area contributed by atoms with Gasteiger partial charge < -0.3 is 14.5 Å². The second kappa shape index (κ2) is 8.17. The van der Waals surface area contributed by atoms with Gasteiger partial charge in [-0.1, -0.05) is 36.4 Å². The number of benzene rings is 2. The summed E-state index contributed by atoms with van der Waals surface area (Å²) in [6.07, 6.45) is 2.15. The maximum absolute atomic E-state index is 12.8. The van der Waals surface area contributed by atoms with Crippen LogP contribution < -0.4 is 5.56 Å². The molecule has 1 aliphatic heterocycles. The molecular formula is C21H22N2O3S. The van der Waals surface area contributed by atoms with Crippen LogP contribution in [0, 0.1) is 4.77 Å². The predicted octanol–water partition coefficient (Wildman–Crippen LogP) is 3.80. The van der Waals surface area contributed by atoms with Crippen LogP contribution in [-0.2, 0) is 22.6 Å². The van der Waals surface area contributed by atoms with Crippen LogP contribution in [0.4, 0.5) is 0 Å². The van der Waals surface area contributed by atoms with Crippen molar-refractivity contribution in [1.29, 1.82) is 0 Å². The van der Waals surface area contributed by atoms with Gasteiger partial charge in [0, 0.05) is 13.2 Å². The van der Waals surface area contributed by atoms with Crippen molar-refractivity contribution in [3.63, 3.8) is 0 Å². The molecule has 0 aliphatic carbocycles. The summed E-state index contributed by atoms with van der Waals surface area (Å²) in [4.78, 5) is 16.0. The van der Waals surface area contributed by atoms with Crippen molar-refractivity contribution in [2.24, 2.45) is 0 Å². The molecule has 4 rings (SSSR count). The highest BCUT2D eigenvalue weighted by Crippen LogP contribution is 2.15. The van der Waals surface area contributed by atoms with Gasteiger partial charge in [0.25, 0.3) is 5.56 Å². The molecular weight excluding hydrogens is 360 g/mol. The molecule has 0 amide bonds. The van der Waals surface area contributed by atoms with E-state index in [-0.39, 0.29) is 11.7 Å². The van der Waals surface area contributed by atoms with Gasteiger partial charge >= 0.3 is 0 Å². The fourth-order valence-corrected chi connectivity index (χ4v) is 3.66. The molecule has 140 valence electrons. The average Bonchev–Trinajstić information content (AvgIpc) is 2.71. The van der Waals surface area contributed by atoms with E-state index in [0.29, 0.717) is 23.3 Å². The maximum Gasteiger partial charge on any atom is 0.262 e. The highest BCUT2D eigenvalue weighted by Gasteiger charge is 2.14. The SMILES string of the molecule is O=c1c2ccccc2[nH]c(=S)n1Cc1cccc(COC2CCOCC2)c1. The normalized spacial score (nSPS) is 15.3. The Labute approximate surface area is 162 Å². The molecule has 1 aromatic heterocycles. The van der Waals surface area contributed by atoms with Gasteiger partial charge in [-0.3, -0.25) is 9.36 Å². The summed E-state index contributed by atoms with van der Waals surface area (Å²) in [5, 5.41) is 0.644. The van der Waals surface area contributed by atoms with E-state index < -0.39 is 0 Å². The molecule has 5 nitrogen and oxygen atoms in total. The van der Waals surface area contributed by atoms with E-state index in [1.54, 1.807) is 4.57 Å². The van der Waals surface area contributed by atoms with E-state index in [0.717, 1.165) is 42.7 Å². The maximum atomic E-state index is 12.8. The third-order valence-corrected chi connectivity index (χ3v) is 5.20. The summed E-state index contributed by atoms with van der Waals surface area (Å²) >= 11 is 5.41. The van der Waals surface area contributed by atoms with Gasteiger partial charge in [-0.25, -0.2) is 0 Å². The second-order valence-electron chi connectivity index (χ2n) is 6.81. The summed E-state index contributed by atoms with van der Waals surface area (Å²) < 4.78 is 13.4. The Balaban J connectivity index is 1.54. The molecule has 1 N–H and O–H groups in total. The Kier molecular flexibility index (Phi) is 5.48. The predicted molar refractivity (Wildman–Crippen MR) is 108 cm³/mol. The Morgan fingerprint density at radius 2 is 1.89 bits per heavy atom. The Morgan fingerprint density at radius 1 is 1.11 bits per heavy atom. The summed E-state index contributed by atoms with van der Waals surface area (Å²) in [5.41, 5.74) is 2.82. The van der Waals surface area contributed by atoms with Crippen molar-refractivity contribution in [2.45, 2.75) is 32.1 Å². The van der Waals surface area contributed by atoms with Crippen LogP contribution in [0.2, 0.25) is 0 Å². The van der Waals surface area contributed by atoms with Crippen LogP contribution in [0.1, 0.15) is 24.0 Å². The van der Waals surface area contributed by atoms with Crippen molar-refractivity contribution < 1.29 is 9.47 Å². The number of hydrogen-bond donors (Lipinski definition) is 1. The zero-order valence-corrected chi connectivity index (χ0v) is 15.8. The van der Waals surface area contributed by atoms with E-state index in [2.05, 4.69) is 11.1 Å². The lowest BCUT2D eigenvalue weighted by molar-refractivity contribution is -0.0390. The van der Waals surface area contributed by atoms with Crippen LogP contribution in [0.5, 0.6) is 0 Å². The lowest BCUT2D eigenvalue weighted by Gasteiger charge is -2.22. The first kappa shape index (κ1) is 18.1. The fraction of sp³-hybridized carbons (Fsp3) is 0.333. The van der Waals surface area contributed by atoms with Gasteiger partial charge in [0.1, 0.15) is 0 Å². The molecule has 3 aromatic rings. The molecule has 0 atom stereocenters. The number of H-pyrrole nitrogens is 1. The fourth-order valence-electron chi connectivity index (χ4n) is 3.40. The topological polar surface area (TPSA) is 56.2 Å². The molecule has 1 aliphatic rings. The Morgan fingerprint density at radius 3 is 2.74 bits per heavy atom. The number of para-hydroxylation sites is 1. The standard InChI is InChI=1S/C21H22N2O3S/c24-20-18-6-1-2-7-19(18)22-21(27)23(20)13-15-4-3-5-16(12-15)14-26-17-8-10-25-11-9-17/h1-7,12,17H,8-11,13-14H2,(H,22,27). The summed E-state index contributed by atoms with van der Waals surface area (Å²) in [7, 11) is 0. The van der Waals surface area contributed by atoms with Crippen LogP contribution >= 0.6 is 12.2 Å². The molecule has 27 heavy (non-hydrogen) atoms. The first-order chi connectivity index (χ1) is 13.2. The van der Waals surface area contributed by atoms with E-state index in [4.69, 9.17) is 21.7 Å². The zero-order chi connectivity index (χ0) is 18.6. The molecule has 0 bridgehead atoms. The van der Waals surface area contributed by atoms with Crippen molar-refractivity contribution in [3.8, 4) is 0 Å². The second-order valence-corrected chi connectivity index (χ2v) is 7.20. The first-order valence-electron chi connectivity index (χ1n) is 9.20. The molecule has 1 fully saturated rings. The molecule has 0 saturated carbocycles. The molecule has 0 radical (unpaired) electrons. The van der Waals surface area contributed by atoms with E-state index in [9.17, 15) is 4.79 Å². The van der Waals surface area contributed by atoms with Gasteiger partial charge in [0.05, 0.1) is 30.2 Å². The number of aromatic nitrogens is 2. The van der Waals surface area contributed by atoms with Gasteiger partial charge in [0.15, 0.2) is 4.77 Å². The van der Waals surface area contributed by atoms with Crippen molar-refractivity contribution in [3.05, 3.63) is 74.8 Å². The van der Waals surface area contributed by atoms with E-state index in [1.807, 2.05) is 42.5 Å². The molecule has 0 unspecified atom stereocenters. The number of aromatic amines is 1. The van der Waals surface area contributed by atoms with Crippen LogP contribution in [0.15, 0.2) is 53.3 Å². The monoisotopic (exact) mass is 382 g/mol. The summed E-state index contributed by atoms with van der Waals surface area (Å²) in [5.74, 6) is 0. The number of nitrogens with one attached hydrogen (secondary N) is 1. The Hall–Kier alpha value is -2.28. The van der Waals surface area contributed by atoms with Crippen LogP contribution in [0.3, 0.4) is 0 Å². The molecule has 2 aromatic carbocycles.